The number of hydrogen-bond acceptors (Lipinski definition) is 7. The number of unbranched alkanes of at least 4 members (excludes halogenated alkanes) is 1. The smallest absolute Gasteiger partial charge is 0.416 e. The summed E-state index contributed by atoms with van der Waals surface area (Å²) in [4.78, 5) is 25.0. The Hall–Kier alpha value is -3.30. The summed E-state index contributed by atoms with van der Waals surface area (Å²) in [6, 6.07) is 4.17. The number of benzene rings is 2. The van der Waals surface area contributed by atoms with Crippen LogP contribution in [0.2, 0.25) is 0 Å². The van der Waals surface area contributed by atoms with Crippen molar-refractivity contribution in [3.63, 3.8) is 0 Å². The minimum Gasteiger partial charge on any atom is -0.453 e. The van der Waals surface area contributed by atoms with Gasteiger partial charge in [0.05, 0.1) is 36.3 Å². The third-order valence-corrected chi connectivity index (χ3v) is 7.88. The molecule has 42 heavy (non-hydrogen) atoms. The van der Waals surface area contributed by atoms with Crippen molar-refractivity contribution < 1.29 is 49.8 Å². The fourth-order valence-corrected chi connectivity index (χ4v) is 5.64. The number of ether oxygens (including phenoxy) is 1. The molecule has 0 spiro atoms. The summed E-state index contributed by atoms with van der Waals surface area (Å²) in [7, 11) is -2.80. The van der Waals surface area contributed by atoms with E-state index in [1.54, 1.807) is 6.92 Å². The molecule has 2 amide bonds. The summed E-state index contributed by atoms with van der Waals surface area (Å²) < 4.78 is 96.3. The third-order valence-electron chi connectivity index (χ3n) is 6.13. The van der Waals surface area contributed by atoms with Gasteiger partial charge in [-0.3, -0.25) is 4.79 Å². The molecule has 0 heterocycles. The average molecular weight is 624 g/mol. The van der Waals surface area contributed by atoms with Crippen molar-refractivity contribution in [1.29, 1.82) is 0 Å². The van der Waals surface area contributed by atoms with Crippen LogP contribution in [0.5, 0.6) is 0 Å². The molecule has 2 aromatic rings. The van der Waals surface area contributed by atoms with Gasteiger partial charge in [-0.15, -0.1) is 0 Å². The number of aliphatic hydroxyl groups is 1. The van der Waals surface area contributed by atoms with Gasteiger partial charge in [0.25, 0.3) is 0 Å². The Morgan fingerprint density at radius 3 is 2.29 bits per heavy atom. The first kappa shape index (κ1) is 34.9. The number of methoxy groups -OCH3 is 1. The average Bonchev–Trinajstić information content (AvgIpc) is 2.90. The van der Waals surface area contributed by atoms with Crippen molar-refractivity contribution >= 4 is 21.8 Å². The number of aliphatic hydroxyl groups excluding tert-OH is 1. The third kappa shape index (κ3) is 11.9. The first-order valence-electron chi connectivity index (χ1n) is 13.0. The van der Waals surface area contributed by atoms with Gasteiger partial charge in [0, 0.05) is 19.2 Å². The Balaban J connectivity index is 2.24. The number of sulfone groups is 1. The number of rotatable bonds is 15. The molecule has 0 aliphatic heterocycles. The van der Waals surface area contributed by atoms with E-state index in [1.165, 1.54) is 12.1 Å². The molecule has 0 radical (unpaired) electrons. The lowest BCUT2D eigenvalue weighted by molar-refractivity contribution is -0.137. The van der Waals surface area contributed by atoms with Gasteiger partial charge in [-0.1, -0.05) is 31.5 Å². The number of alkyl halides is 3. The van der Waals surface area contributed by atoms with E-state index in [1.807, 2.05) is 0 Å². The minimum absolute atomic E-state index is 0.0442. The molecular formula is C27H34F5N3O6S. The van der Waals surface area contributed by atoms with Crippen LogP contribution in [-0.2, 0) is 38.5 Å². The van der Waals surface area contributed by atoms with Gasteiger partial charge in [-0.25, -0.2) is 22.0 Å². The summed E-state index contributed by atoms with van der Waals surface area (Å²) in [5.41, 5.74) is -0.564. The van der Waals surface area contributed by atoms with Crippen molar-refractivity contribution in [2.75, 3.05) is 25.2 Å². The van der Waals surface area contributed by atoms with Crippen molar-refractivity contribution in [2.24, 2.45) is 0 Å². The predicted octanol–water partition coefficient (Wildman–Crippen LogP) is 3.10. The van der Waals surface area contributed by atoms with Crippen LogP contribution in [0.4, 0.5) is 26.7 Å². The van der Waals surface area contributed by atoms with E-state index in [0.29, 0.717) is 18.9 Å². The quantitative estimate of drug-likeness (QED) is 0.224. The Morgan fingerprint density at radius 2 is 1.69 bits per heavy atom. The van der Waals surface area contributed by atoms with Gasteiger partial charge >= 0.3 is 12.3 Å². The number of nitrogens with one attached hydrogen (secondary N) is 3. The highest BCUT2D eigenvalue weighted by Gasteiger charge is 2.32. The maximum atomic E-state index is 13.8. The van der Waals surface area contributed by atoms with Gasteiger partial charge in [-0.2, -0.15) is 13.2 Å². The van der Waals surface area contributed by atoms with Gasteiger partial charge < -0.3 is 25.8 Å². The number of alkyl carbamates (subject to hydrolysis) is 1. The van der Waals surface area contributed by atoms with Gasteiger partial charge in [0.1, 0.15) is 17.7 Å². The highest BCUT2D eigenvalue weighted by molar-refractivity contribution is 7.91. The fraction of sp³-hybridized carbons (Fsp3) is 0.481. The molecule has 0 unspecified atom stereocenters. The van der Waals surface area contributed by atoms with E-state index in [0.717, 1.165) is 31.4 Å². The molecule has 0 bridgehead atoms. The molecule has 9 nitrogen and oxygen atoms in total. The molecule has 0 aliphatic carbocycles. The van der Waals surface area contributed by atoms with Crippen LogP contribution in [0.25, 0.3) is 0 Å². The number of hydrogen-bond donors (Lipinski definition) is 4. The number of halogens is 5. The molecule has 2 rings (SSSR count). The molecule has 234 valence electrons. The summed E-state index contributed by atoms with van der Waals surface area (Å²) in [6.07, 6.45) is -6.55. The predicted molar refractivity (Wildman–Crippen MR) is 144 cm³/mol. The standard InChI is InChI=1S/C27H34F5N3O6S/c1-3-4-8-42(39,40)16-23(35-26(38)41-2)25(37)34-22(12-18-10-20(28)13-21(29)11-18)24(36)15-33-14-17-6-5-7-19(9-17)27(30,31)32/h5-7,9-11,13,22-24,33,36H,3-4,8,12,14-16H2,1-2H3,(H,34,37)(H,35,38)/t22-,23+,24+/m0/s1. The maximum absolute atomic E-state index is 13.8. The Kier molecular flexibility index (Phi) is 13.1. The molecular weight excluding hydrogens is 589 g/mol. The van der Waals surface area contributed by atoms with E-state index in [2.05, 4.69) is 20.7 Å². The monoisotopic (exact) mass is 623 g/mol. The highest BCUT2D eigenvalue weighted by atomic mass is 32.2. The summed E-state index contributed by atoms with van der Waals surface area (Å²) >= 11 is 0. The van der Waals surface area contributed by atoms with Crippen LogP contribution in [0, 0.1) is 11.6 Å². The van der Waals surface area contributed by atoms with Gasteiger partial charge in [0.15, 0.2) is 9.84 Å². The second-order valence-corrected chi connectivity index (χ2v) is 11.9. The number of carbonyl (C=O) groups is 2. The van der Waals surface area contributed by atoms with Crippen LogP contribution in [0.3, 0.4) is 0 Å². The molecule has 0 aliphatic rings. The molecule has 4 N–H and O–H groups in total. The van der Waals surface area contributed by atoms with E-state index in [9.17, 15) is 45.1 Å². The van der Waals surface area contributed by atoms with Gasteiger partial charge in [-0.05, 0) is 42.2 Å². The lowest BCUT2D eigenvalue weighted by atomic mass is 10.00. The van der Waals surface area contributed by atoms with E-state index < -0.39 is 69.2 Å². The van der Waals surface area contributed by atoms with Crippen LogP contribution in [0.1, 0.15) is 36.5 Å². The zero-order chi connectivity index (χ0) is 31.5. The number of amides is 2. The minimum atomic E-state index is -4.55. The van der Waals surface area contributed by atoms with Crippen molar-refractivity contribution in [3.05, 3.63) is 70.8 Å². The van der Waals surface area contributed by atoms with Crippen molar-refractivity contribution in [1.82, 2.24) is 16.0 Å². The van der Waals surface area contributed by atoms with Crippen LogP contribution in [0.15, 0.2) is 42.5 Å². The van der Waals surface area contributed by atoms with Crippen molar-refractivity contribution in [2.45, 2.75) is 57.1 Å². The Morgan fingerprint density at radius 1 is 1.02 bits per heavy atom. The zero-order valence-corrected chi connectivity index (χ0v) is 23.8. The summed E-state index contributed by atoms with van der Waals surface area (Å²) in [6.45, 7) is 1.38. The number of carbonyl (C=O) groups excluding carboxylic acids is 2. The molecule has 0 saturated heterocycles. The fourth-order valence-electron chi connectivity index (χ4n) is 4.00. The van der Waals surface area contributed by atoms with E-state index in [4.69, 9.17) is 0 Å². The van der Waals surface area contributed by atoms with Crippen LogP contribution in [-0.4, -0.2) is 68.9 Å². The Bertz CT molecular complexity index is 1290. The van der Waals surface area contributed by atoms with Gasteiger partial charge in [0.2, 0.25) is 5.91 Å². The highest BCUT2D eigenvalue weighted by Crippen LogP contribution is 2.29. The first-order chi connectivity index (χ1) is 19.6. The molecule has 2 aromatic carbocycles. The lowest BCUT2D eigenvalue weighted by Gasteiger charge is -2.27. The first-order valence-corrected chi connectivity index (χ1v) is 14.8. The molecule has 3 atom stereocenters. The maximum Gasteiger partial charge on any atom is 0.416 e. The topological polar surface area (TPSA) is 134 Å². The second kappa shape index (κ2) is 15.8. The molecule has 0 fully saturated rings. The normalized spacial score (nSPS) is 14.1. The SMILES string of the molecule is CCCCS(=O)(=O)C[C@@H](NC(=O)OC)C(=O)N[C@@H](Cc1cc(F)cc(F)c1)[C@H](O)CNCc1cccc(C(F)(F)F)c1. The Labute approximate surface area is 240 Å². The van der Waals surface area contributed by atoms with Crippen molar-refractivity contribution in [3.8, 4) is 0 Å². The van der Waals surface area contributed by atoms with Crippen LogP contribution >= 0.6 is 0 Å². The van der Waals surface area contributed by atoms with E-state index >= 15 is 0 Å². The molecule has 0 saturated carbocycles. The summed E-state index contributed by atoms with van der Waals surface area (Å²) in [5.74, 6) is -3.87. The summed E-state index contributed by atoms with van der Waals surface area (Å²) in [5, 5.41) is 18.3. The second-order valence-electron chi connectivity index (χ2n) is 9.65. The van der Waals surface area contributed by atoms with Crippen LogP contribution < -0.4 is 16.0 Å². The largest absolute Gasteiger partial charge is 0.453 e. The lowest BCUT2D eigenvalue weighted by Crippen LogP contribution is -2.56. The zero-order valence-electron chi connectivity index (χ0n) is 23.0. The molecule has 0 aromatic heterocycles. The molecule has 15 heteroatoms. The van der Waals surface area contributed by atoms with E-state index in [-0.39, 0.29) is 36.4 Å².